The normalized spacial score (nSPS) is 15.9. The Labute approximate surface area is 199 Å². The van der Waals surface area contributed by atoms with Gasteiger partial charge in [0.2, 0.25) is 0 Å². The first kappa shape index (κ1) is 22.6. The molecule has 1 atom stereocenters. The molecule has 2 aromatic carbocycles. The van der Waals surface area contributed by atoms with E-state index in [1.807, 2.05) is 16.5 Å². The van der Waals surface area contributed by atoms with Crippen molar-refractivity contribution >= 4 is 63.3 Å². The van der Waals surface area contributed by atoms with Crippen molar-refractivity contribution in [1.82, 2.24) is 20.0 Å². The maximum absolute atomic E-state index is 13.1. The van der Waals surface area contributed by atoms with Crippen LogP contribution >= 0.6 is 46.4 Å². The average molecular weight is 502 g/mol. The zero-order chi connectivity index (χ0) is 22.1. The molecule has 0 radical (unpaired) electrons. The molecule has 0 aliphatic carbocycles. The number of rotatable bonds is 5. The molecule has 6 nitrogen and oxygen atoms in total. The lowest BCUT2D eigenvalue weighted by Gasteiger charge is -2.29. The molecule has 1 saturated heterocycles. The van der Waals surface area contributed by atoms with E-state index in [1.54, 1.807) is 30.3 Å². The van der Waals surface area contributed by atoms with Crippen LogP contribution in [-0.4, -0.2) is 46.8 Å². The van der Waals surface area contributed by atoms with Crippen LogP contribution in [0, 0.1) is 0 Å². The molecule has 1 fully saturated rings. The molecule has 0 saturated carbocycles. The van der Waals surface area contributed by atoms with Crippen molar-refractivity contribution < 1.29 is 9.53 Å². The molecule has 1 amide bonds. The van der Waals surface area contributed by atoms with Crippen molar-refractivity contribution in [2.75, 3.05) is 26.3 Å². The second-order valence-electron chi connectivity index (χ2n) is 7.28. The third kappa shape index (κ3) is 4.80. The Hall–Kier alpha value is -1.54. The van der Waals surface area contributed by atoms with Crippen LogP contribution in [0.1, 0.15) is 24.4 Å². The number of amides is 1. The summed E-state index contributed by atoms with van der Waals surface area (Å²) >= 11 is 25.3. The lowest BCUT2D eigenvalue weighted by Crippen LogP contribution is -2.50. The van der Waals surface area contributed by atoms with Gasteiger partial charge in [0.1, 0.15) is 11.9 Å². The molecule has 3 aromatic rings. The minimum Gasteiger partial charge on any atom is -0.379 e. The lowest BCUT2D eigenvalue weighted by molar-refractivity contribution is -0.130. The first-order chi connectivity index (χ1) is 14.8. The molecule has 10 heteroatoms. The van der Waals surface area contributed by atoms with Crippen LogP contribution in [0.4, 0.5) is 0 Å². The van der Waals surface area contributed by atoms with E-state index in [0.717, 1.165) is 5.56 Å². The molecular weight excluding hydrogens is 482 g/mol. The first-order valence-electron chi connectivity index (χ1n) is 9.77. The molecule has 31 heavy (non-hydrogen) atoms. The largest absolute Gasteiger partial charge is 0.379 e. The third-order valence-corrected chi connectivity index (χ3v) is 6.68. The number of hydrazine groups is 1. The number of ether oxygens (including phenoxy) is 1. The standard InChI is InChI=1S/C21H20Cl4N4O2/c1-12(21(30)27-28-5-7-31-8-6-28)29-19-11-17(25)16(24)10-18(19)26-20(29)9-13-14(22)3-2-4-15(13)23/h2-4,10-12H,5-9H2,1H3,(H,27,30). The van der Waals surface area contributed by atoms with Crippen LogP contribution in [-0.2, 0) is 16.0 Å². The molecule has 4 rings (SSSR count). The number of nitrogens with one attached hydrogen (secondary N) is 1. The number of nitrogens with zero attached hydrogens (tertiary/aromatic N) is 3. The van der Waals surface area contributed by atoms with Crippen LogP contribution in [0.15, 0.2) is 30.3 Å². The lowest BCUT2D eigenvalue weighted by atomic mass is 10.1. The van der Waals surface area contributed by atoms with Crippen LogP contribution in [0.2, 0.25) is 20.1 Å². The van der Waals surface area contributed by atoms with E-state index in [1.165, 1.54) is 0 Å². The van der Waals surface area contributed by atoms with Gasteiger partial charge in [0.25, 0.3) is 5.91 Å². The highest BCUT2D eigenvalue weighted by molar-refractivity contribution is 6.42. The second kappa shape index (κ2) is 9.53. The van der Waals surface area contributed by atoms with Crippen LogP contribution < -0.4 is 5.43 Å². The highest BCUT2D eigenvalue weighted by Gasteiger charge is 2.25. The number of imidazole rings is 1. The smallest absolute Gasteiger partial charge is 0.257 e. The summed E-state index contributed by atoms with van der Waals surface area (Å²) in [6, 6.07) is 8.19. The van der Waals surface area contributed by atoms with Crippen molar-refractivity contribution in [3.05, 3.63) is 61.8 Å². The van der Waals surface area contributed by atoms with E-state index in [-0.39, 0.29) is 5.91 Å². The third-order valence-electron chi connectivity index (χ3n) is 5.25. The average Bonchev–Trinajstić information content (AvgIpc) is 3.08. The van der Waals surface area contributed by atoms with Gasteiger partial charge < -0.3 is 9.30 Å². The number of carbonyl (C=O) groups excluding carboxylic acids is 1. The molecule has 1 aromatic heterocycles. The van der Waals surface area contributed by atoms with Gasteiger partial charge in [-0.05, 0) is 36.8 Å². The molecular formula is C21H20Cl4N4O2. The van der Waals surface area contributed by atoms with E-state index in [0.29, 0.717) is 69.7 Å². The Bertz CT molecular complexity index is 1110. The van der Waals surface area contributed by atoms with Crippen LogP contribution in [0.25, 0.3) is 11.0 Å². The quantitative estimate of drug-likeness (QED) is 0.524. The van der Waals surface area contributed by atoms with Gasteiger partial charge in [-0.2, -0.15) is 0 Å². The highest BCUT2D eigenvalue weighted by Crippen LogP contribution is 2.33. The van der Waals surface area contributed by atoms with Gasteiger partial charge in [-0.3, -0.25) is 10.2 Å². The Morgan fingerprint density at radius 2 is 1.74 bits per heavy atom. The van der Waals surface area contributed by atoms with Gasteiger partial charge in [0, 0.05) is 29.6 Å². The topological polar surface area (TPSA) is 59.4 Å². The highest BCUT2D eigenvalue weighted by atomic mass is 35.5. The van der Waals surface area contributed by atoms with Crippen molar-refractivity contribution in [1.29, 1.82) is 0 Å². The molecule has 1 unspecified atom stereocenters. The fourth-order valence-corrected chi connectivity index (χ4v) is 4.45. The summed E-state index contributed by atoms with van der Waals surface area (Å²) < 4.78 is 7.20. The fourth-order valence-electron chi connectivity index (χ4n) is 3.60. The summed E-state index contributed by atoms with van der Waals surface area (Å²) in [6.07, 6.45) is 0.345. The van der Waals surface area contributed by atoms with Crippen LogP contribution in [0.3, 0.4) is 0 Å². The van der Waals surface area contributed by atoms with E-state index < -0.39 is 6.04 Å². The molecule has 1 aliphatic heterocycles. The summed E-state index contributed by atoms with van der Waals surface area (Å²) in [5, 5.41) is 3.71. The minimum absolute atomic E-state index is 0.168. The van der Waals surface area contributed by atoms with E-state index in [9.17, 15) is 4.79 Å². The fraction of sp³-hybridized carbons (Fsp3) is 0.333. The molecule has 0 spiro atoms. The summed E-state index contributed by atoms with van der Waals surface area (Å²) in [4.78, 5) is 17.8. The number of fused-ring (bicyclic) bond motifs is 1. The van der Waals surface area contributed by atoms with E-state index >= 15 is 0 Å². The van der Waals surface area contributed by atoms with Gasteiger partial charge in [0.05, 0.1) is 34.3 Å². The SMILES string of the molecule is CC(C(=O)NN1CCOCC1)n1c(Cc2c(Cl)cccc2Cl)nc2cc(Cl)c(Cl)cc21. The first-order valence-corrected chi connectivity index (χ1v) is 11.3. The van der Waals surface area contributed by atoms with E-state index in [4.69, 9.17) is 56.1 Å². The number of hydrogen-bond donors (Lipinski definition) is 1. The van der Waals surface area contributed by atoms with Gasteiger partial charge in [-0.15, -0.1) is 0 Å². The summed E-state index contributed by atoms with van der Waals surface area (Å²) in [7, 11) is 0. The van der Waals surface area contributed by atoms with Gasteiger partial charge in [-0.25, -0.2) is 9.99 Å². The Kier molecular flexibility index (Phi) is 6.96. The maximum atomic E-state index is 13.1. The molecule has 164 valence electrons. The summed E-state index contributed by atoms with van der Waals surface area (Å²) in [6.45, 7) is 4.23. The number of benzene rings is 2. The number of halogens is 4. The molecule has 1 aliphatic rings. The Balaban J connectivity index is 1.75. The predicted molar refractivity (Wildman–Crippen MR) is 124 cm³/mol. The number of morpholine rings is 1. The molecule has 0 bridgehead atoms. The number of hydrogen-bond acceptors (Lipinski definition) is 4. The number of carbonyl (C=O) groups is 1. The summed E-state index contributed by atoms with van der Waals surface area (Å²) in [5.74, 6) is 0.465. The summed E-state index contributed by atoms with van der Waals surface area (Å²) in [5.41, 5.74) is 5.05. The van der Waals surface area contributed by atoms with Crippen molar-refractivity contribution in [3.63, 3.8) is 0 Å². The second-order valence-corrected chi connectivity index (χ2v) is 8.91. The zero-order valence-electron chi connectivity index (χ0n) is 16.7. The zero-order valence-corrected chi connectivity index (χ0v) is 19.7. The monoisotopic (exact) mass is 500 g/mol. The van der Waals surface area contributed by atoms with Crippen molar-refractivity contribution in [3.8, 4) is 0 Å². The van der Waals surface area contributed by atoms with Crippen molar-refractivity contribution in [2.24, 2.45) is 0 Å². The van der Waals surface area contributed by atoms with Gasteiger partial charge in [0.15, 0.2) is 0 Å². The maximum Gasteiger partial charge on any atom is 0.257 e. The molecule has 2 heterocycles. The Morgan fingerprint density at radius 3 is 2.42 bits per heavy atom. The van der Waals surface area contributed by atoms with Gasteiger partial charge in [-0.1, -0.05) is 52.5 Å². The van der Waals surface area contributed by atoms with E-state index in [2.05, 4.69) is 5.43 Å². The van der Waals surface area contributed by atoms with Gasteiger partial charge >= 0.3 is 0 Å². The minimum atomic E-state index is -0.568. The Morgan fingerprint density at radius 1 is 1.10 bits per heavy atom. The molecule has 1 N–H and O–H groups in total. The predicted octanol–water partition coefficient (Wildman–Crippen LogP) is 5.17. The number of aromatic nitrogens is 2. The van der Waals surface area contributed by atoms with Crippen molar-refractivity contribution in [2.45, 2.75) is 19.4 Å². The van der Waals surface area contributed by atoms with Crippen LogP contribution in [0.5, 0.6) is 0 Å².